The van der Waals surface area contributed by atoms with E-state index in [1.165, 1.54) is 11.1 Å². The largest absolute Gasteiger partial charge is 0.381 e. The summed E-state index contributed by atoms with van der Waals surface area (Å²) in [5.74, 6) is 0. The van der Waals surface area contributed by atoms with Crippen molar-refractivity contribution in [3.8, 4) is 0 Å². The van der Waals surface area contributed by atoms with E-state index < -0.39 is 0 Å². The van der Waals surface area contributed by atoms with Crippen LogP contribution in [-0.4, -0.2) is 4.98 Å². The minimum Gasteiger partial charge on any atom is -0.381 e. The van der Waals surface area contributed by atoms with Crippen LogP contribution in [0.25, 0.3) is 0 Å². The van der Waals surface area contributed by atoms with Gasteiger partial charge in [-0.2, -0.15) is 0 Å². The highest BCUT2D eigenvalue weighted by Crippen LogP contribution is 2.12. The molecule has 2 nitrogen and oxygen atoms in total. The third kappa shape index (κ3) is 2.60. The fraction of sp³-hybridized carbons (Fsp3) is 0.214. The Morgan fingerprint density at radius 2 is 2.00 bits per heavy atom. The molecule has 0 fully saturated rings. The maximum atomic E-state index is 4.27. The van der Waals surface area contributed by atoms with Gasteiger partial charge in [-0.15, -0.1) is 0 Å². The smallest absolute Gasteiger partial charge is 0.0422 e. The molecule has 82 valence electrons. The Labute approximate surface area is 96.4 Å². The summed E-state index contributed by atoms with van der Waals surface area (Å²) in [4.78, 5) is 4.27. The number of hydrogen-bond donors (Lipinski definition) is 1. The van der Waals surface area contributed by atoms with Gasteiger partial charge < -0.3 is 5.32 Å². The predicted molar refractivity (Wildman–Crippen MR) is 67.5 cm³/mol. The van der Waals surface area contributed by atoms with E-state index in [1.807, 2.05) is 19.2 Å². The van der Waals surface area contributed by atoms with Crippen LogP contribution in [0.15, 0.2) is 42.6 Å². The van der Waals surface area contributed by atoms with Crippen LogP contribution in [0.4, 0.5) is 5.69 Å². The Morgan fingerprint density at radius 1 is 1.12 bits per heavy atom. The molecule has 2 aromatic rings. The van der Waals surface area contributed by atoms with Gasteiger partial charge in [0, 0.05) is 24.1 Å². The summed E-state index contributed by atoms with van der Waals surface area (Å²) in [5.41, 5.74) is 4.75. The molecular weight excluding hydrogens is 196 g/mol. The monoisotopic (exact) mass is 212 g/mol. The second-order valence-corrected chi connectivity index (χ2v) is 3.97. The van der Waals surface area contributed by atoms with Crippen molar-refractivity contribution in [2.24, 2.45) is 0 Å². The number of pyridine rings is 1. The molecule has 1 heterocycles. The molecule has 0 saturated carbocycles. The van der Waals surface area contributed by atoms with Crippen molar-refractivity contribution in [1.82, 2.24) is 4.98 Å². The zero-order valence-electron chi connectivity index (χ0n) is 9.70. The molecule has 0 spiro atoms. The number of hydrogen-bond acceptors (Lipinski definition) is 2. The van der Waals surface area contributed by atoms with Crippen LogP contribution in [0, 0.1) is 13.8 Å². The quantitative estimate of drug-likeness (QED) is 0.844. The molecule has 0 amide bonds. The van der Waals surface area contributed by atoms with Crippen LogP contribution < -0.4 is 5.32 Å². The number of nitrogens with one attached hydrogen (secondary N) is 1. The summed E-state index contributed by atoms with van der Waals surface area (Å²) in [7, 11) is 0. The second kappa shape index (κ2) is 4.79. The van der Waals surface area contributed by atoms with Crippen LogP contribution in [-0.2, 0) is 6.54 Å². The van der Waals surface area contributed by atoms with Gasteiger partial charge in [0.2, 0.25) is 0 Å². The van der Waals surface area contributed by atoms with Crippen molar-refractivity contribution < 1.29 is 0 Å². The number of aromatic nitrogens is 1. The summed E-state index contributed by atoms with van der Waals surface area (Å²) >= 11 is 0. The topological polar surface area (TPSA) is 24.9 Å². The molecule has 0 saturated heterocycles. The highest BCUT2D eigenvalue weighted by atomic mass is 14.9. The summed E-state index contributed by atoms with van der Waals surface area (Å²) in [6.45, 7) is 4.96. The fourth-order valence-electron chi connectivity index (χ4n) is 1.66. The van der Waals surface area contributed by atoms with Crippen molar-refractivity contribution in [3.63, 3.8) is 0 Å². The lowest BCUT2D eigenvalue weighted by molar-refractivity contribution is 1.06. The molecule has 0 unspecified atom stereocenters. The summed E-state index contributed by atoms with van der Waals surface area (Å²) in [5, 5.41) is 3.40. The van der Waals surface area contributed by atoms with E-state index in [4.69, 9.17) is 0 Å². The Balaban J connectivity index is 2.05. The maximum Gasteiger partial charge on any atom is 0.0422 e. The number of nitrogens with zero attached hydrogens (tertiary/aromatic N) is 1. The molecule has 16 heavy (non-hydrogen) atoms. The first-order chi connectivity index (χ1) is 7.75. The zero-order valence-corrected chi connectivity index (χ0v) is 9.70. The van der Waals surface area contributed by atoms with Gasteiger partial charge in [-0.1, -0.05) is 18.2 Å². The number of aryl methyl sites for hydroxylation is 2. The van der Waals surface area contributed by atoms with Crippen molar-refractivity contribution in [2.75, 3.05) is 5.32 Å². The maximum absolute atomic E-state index is 4.27. The molecule has 2 rings (SSSR count). The number of rotatable bonds is 3. The lowest BCUT2D eigenvalue weighted by Crippen LogP contribution is -2.02. The Kier molecular flexibility index (Phi) is 3.20. The van der Waals surface area contributed by atoms with Gasteiger partial charge in [-0.3, -0.25) is 4.98 Å². The van der Waals surface area contributed by atoms with Gasteiger partial charge in [-0.25, -0.2) is 0 Å². The van der Waals surface area contributed by atoms with Gasteiger partial charge in [0.05, 0.1) is 0 Å². The van der Waals surface area contributed by atoms with E-state index in [-0.39, 0.29) is 0 Å². The van der Waals surface area contributed by atoms with Gasteiger partial charge in [0.25, 0.3) is 0 Å². The molecule has 2 heteroatoms. The van der Waals surface area contributed by atoms with Gasteiger partial charge >= 0.3 is 0 Å². The van der Waals surface area contributed by atoms with E-state index in [9.17, 15) is 0 Å². The third-order valence-electron chi connectivity index (χ3n) is 2.62. The van der Waals surface area contributed by atoms with Gasteiger partial charge in [0.1, 0.15) is 0 Å². The molecule has 0 aliphatic heterocycles. The van der Waals surface area contributed by atoms with Crippen molar-refractivity contribution >= 4 is 5.69 Å². The molecule has 1 aromatic carbocycles. The minimum atomic E-state index is 0.823. The average molecular weight is 212 g/mol. The fourth-order valence-corrected chi connectivity index (χ4v) is 1.66. The van der Waals surface area contributed by atoms with Crippen LogP contribution in [0.5, 0.6) is 0 Å². The first kappa shape index (κ1) is 10.7. The van der Waals surface area contributed by atoms with Crippen LogP contribution >= 0.6 is 0 Å². The minimum absolute atomic E-state index is 0.823. The number of benzene rings is 1. The van der Waals surface area contributed by atoms with Crippen LogP contribution in [0.1, 0.15) is 16.8 Å². The molecule has 0 atom stereocenters. The first-order valence-electron chi connectivity index (χ1n) is 5.47. The van der Waals surface area contributed by atoms with E-state index in [0.29, 0.717) is 0 Å². The van der Waals surface area contributed by atoms with E-state index in [2.05, 4.69) is 47.6 Å². The Morgan fingerprint density at radius 3 is 2.75 bits per heavy atom. The highest BCUT2D eigenvalue weighted by Gasteiger charge is 1.98. The predicted octanol–water partition coefficient (Wildman–Crippen LogP) is 3.31. The molecule has 0 bridgehead atoms. The molecule has 1 N–H and O–H groups in total. The van der Waals surface area contributed by atoms with Crippen molar-refractivity contribution in [3.05, 3.63) is 59.4 Å². The SMILES string of the molecule is Cc1cccc(NCc2cccnc2C)c1. The van der Waals surface area contributed by atoms with E-state index in [1.54, 1.807) is 0 Å². The summed E-state index contributed by atoms with van der Waals surface area (Å²) in [6.07, 6.45) is 1.82. The normalized spacial score (nSPS) is 10.1. The molecule has 0 radical (unpaired) electrons. The lowest BCUT2D eigenvalue weighted by Gasteiger charge is -2.08. The Bertz CT molecular complexity index is 478. The second-order valence-electron chi connectivity index (χ2n) is 3.97. The molecule has 1 aromatic heterocycles. The van der Waals surface area contributed by atoms with Gasteiger partial charge in [0.15, 0.2) is 0 Å². The summed E-state index contributed by atoms with van der Waals surface area (Å²) in [6, 6.07) is 12.5. The molecular formula is C14H16N2. The lowest BCUT2D eigenvalue weighted by atomic mass is 10.2. The van der Waals surface area contributed by atoms with Crippen LogP contribution in [0.2, 0.25) is 0 Å². The van der Waals surface area contributed by atoms with E-state index >= 15 is 0 Å². The Hall–Kier alpha value is -1.83. The molecule has 0 aliphatic rings. The van der Waals surface area contributed by atoms with E-state index in [0.717, 1.165) is 17.9 Å². The first-order valence-corrected chi connectivity index (χ1v) is 5.47. The molecule has 0 aliphatic carbocycles. The summed E-state index contributed by atoms with van der Waals surface area (Å²) < 4.78 is 0. The third-order valence-corrected chi connectivity index (χ3v) is 2.62. The van der Waals surface area contributed by atoms with Gasteiger partial charge in [-0.05, 0) is 43.2 Å². The standard InChI is InChI=1S/C14H16N2/c1-11-5-3-7-14(9-11)16-10-13-6-4-8-15-12(13)2/h3-9,16H,10H2,1-2H3. The highest BCUT2D eigenvalue weighted by molar-refractivity contribution is 5.46. The number of anilines is 1. The van der Waals surface area contributed by atoms with Crippen molar-refractivity contribution in [1.29, 1.82) is 0 Å². The zero-order chi connectivity index (χ0) is 11.4. The van der Waals surface area contributed by atoms with Crippen LogP contribution in [0.3, 0.4) is 0 Å². The van der Waals surface area contributed by atoms with Crippen molar-refractivity contribution in [2.45, 2.75) is 20.4 Å². The average Bonchev–Trinajstić information content (AvgIpc) is 2.28.